The summed E-state index contributed by atoms with van der Waals surface area (Å²) in [4.78, 5) is 24.5. The first-order valence-electron chi connectivity index (χ1n) is 9.04. The van der Waals surface area contributed by atoms with E-state index in [1.54, 1.807) is 24.3 Å². The van der Waals surface area contributed by atoms with Crippen molar-refractivity contribution in [2.24, 2.45) is 10.2 Å². The van der Waals surface area contributed by atoms with Crippen LogP contribution in [-0.2, 0) is 19.6 Å². The molecule has 1 heterocycles. The van der Waals surface area contributed by atoms with Gasteiger partial charge in [-0.25, -0.2) is 8.42 Å². The van der Waals surface area contributed by atoms with Crippen molar-refractivity contribution in [3.8, 4) is 5.75 Å². The lowest BCUT2D eigenvalue weighted by molar-refractivity contribution is -0.126. The number of rotatable bonds is 9. The fourth-order valence-corrected chi connectivity index (χ4v) is 4.23. The van der Waals surface area contributed by atoms with Gasteiger partial charge in [-0.1, -0.05) is 29.5 Å². The summed E-state index contributed by atoms with van der Waals surface area (Å²) in [5.74, 6) is -0.823. The predicted octanol–water partition coefficient (Wildman–Crippen LogP) is 3.03. The second-order valence-electron chi connectivity index (χ2n) is 6.26. The van der Waals surface area contributed by atoms with Crippen LogP contribution in [-0.4, -0.2) is 43.5 Å². The largest absolute Gasteiger partial charge is 0.495 e. The molecule has 1 aromatic heterocycles. The summed E-state index contributed by atoms with van der Waals surface area (Å²) in [6, 6.07) is 10.8. The second kappa shape index (κ2) is 10.1. The third-order valence-corrected chi connectivity index (χ3v) is 6.07. The first kappa shape index (κ1) is 23.0. The maximum atomic E-state index is 12.6. The number of sulfonamides is 1. The Morgan fingerprint density at radius 2 is 1.94 bits per heavy atom. The number of nitrogens with one attached hydrogen (secondary N) is 2. The van der Waals surface area contributed by atoms with Gasteiger partial charge in [0.2, 0.25) is 11.2 Å². The van der Waals surface area contributed by atoms with Crippen LogP contribution in [0.25, 0.3) is 0 Å². The van der Waals surface area contributed by atoms with E-state index in [2.05, 4.69) is 30.5 Å². The van der Waals surface area contributed by atoms with Crippen LogP contribution in [0.5, 0.6) is 5.75 Å². The molecule has 0 aliphatic carbocycles. The van der Waals surface area contributed by atoms with Gasteiger partial charge in [0.25, 0.3) is 15.9 Å². The number of carbonyl (C=O) groups is 2. The van der Waals surface area contributed by atoms with E-state index in [4.69, 9.17) is 4.74 Å². The number of ketones is 1. The minimum atomic E-state index is -3.93. The van der Waals surface area contributed by atoms with Crippen LogP contribution >= 0.6 is 11.3 Å². The molecule has 3 aromatic rings. The zero-order chi connectivity index (χ0) is 23.1. The van der Waals surface area contributed by atoms with Crippen LogP contribution in [0, 0.1) is 0 Å². The second-order valence-corrected chi connectivity index (χ2v) is 8.78. The fourth-order valence-electron chi connectivity index (χ4n) is 2.50. The molecule has 0 fully saturated rings. The molecule has 0 saturated carbocycles. The molecular weight excluding hydrogens is 456 g/mol. The maximum absolute atomic E-state index is 12.6. The van der Waals surface area contributed by atoms with Gasteiger partial charge < -0.3 is 10.1 Å². The van der Waals surface area contributed by atoms with Crippen LogP contribution in [0.15, 0.2) is 69.2 Å². The number of ether oxygens (including phenoxy) is 1. The van der Waals surface area contributed by atoms with Gasteiger partial charge in [0.1, 0.15) is 11.3 Å². The van der Waals surface area contributed by atoms with Gasteiger partial charge in [-0.2, -0.15) is 10.2 Å². The molecule has 0 saturated heterocycles. The molecule has 32 heavy (non-hydrogen) atoms. The first-order valence-corrected chi connectivity index (χ1v) is 11.4. The number of anilines is 2. The maximum Gasteiger partial charge on any atom is 0.263 e. The molecule has 0 aliphatic heterocycles. The van der Waals surface area contributed by atoms with Crippen molar-refractivity contribution < 1.29 is 22.7 Å². The summed E-state index contributed by atoms with van der Waals surface area (Å²) in [5.41, 5.74) is 1.90. The molecule has 1 atom stereocenters. The van der Waals surface area contributed by atoms with E-state index < -0.39 is 27.8 Å². The van der Waals surface area contributed by atoms with Gasteiger partial charge in [0, 0.05) is 0 Å². The number of hydrogen-bond acceptors (Lipinski definition) is 10. The van der Waals surface area contributed by atoms with Crippen LogP contribution in [0.4, 0.5) is 16.5 Å². The van der Waals surface area contributed by atoms with Crippen molar-refractivity contribution in [1.29, 1.82) is 0 Å². The van der Waals surface area contributed by atoms with Crippen LogP contribution < -0.4 is 14.8 Å². The van der Waals surface area contributed by atoms with Crippen LogP contribution in [0.3, 0.4) is 0 Å². The van der Waals surface area contributed by atoms with E-state index >= 15 is 0 Å². The smallest absolute Gasteiger partial charge is 0.263 e. The zero-order valence-electron chi connectivity index (χ0n) is 16.9. The van der Waals surface area contributed by atoms with Gasteiger partial charge in [-0.15, -0.1) is 10.2 Å². The van der Waals surface area contributed by atoms with E-state index in [-0.39, 0.29) is 15.7 Å². The minimum absolute atomic E-state index is 0.0954. The van der Waals surface area contributed by atoms with Gasteiger partial charge in [-0.3, -0.25) is 14.3 Å². The molecule has 3 rings (SSSR count). The standard InChI is InChI=1S/C19H18N6O5S2/c1-12(26)17(18(27)21-15-8-3-4-9-16(15)30-2)23-22-13-6-5-7-14(10-13)32(28,29)25-19-24-20-11-31-19/h3-11,17H,1-2H3,(H,21,27)(H,24,25)/t17-/m0/s1. The summed E-state index contributed by atoms with van der Waals surface area (Å²) in [6.07, 6.45) is 0. The summed E-state index contributed by atoms with van der Waals surface area (Å²) in [6.45, 7) is 1.21. The molecule has 0 spiro atoms. The van der Waals surface area contributed by atoms with Crippen molar-refractivity contribution in [1.82, 2.24) is 10.2 Å². The number of benzene rings is 2. The number of azo groups is 1. The number of hydrogen-bond donors (Lipinski definition) is 2. The third kappa shape index (κ3) is 5.70. The molecule has 0 bridgehead atoms. The Labute approximate surface area is 187 Å². The van der Waals surface area contributed by atoms with Crippen molar-refractivity contribution in [3.05, 3.63) is 54.0 Å². The SMILES string of the molecule is COc1ccccc1NC(=O)[C@@H](N=Nc1cccc(S(=O)(=O)Nc2nncs2)c1)C(C)=O. The highest BCUT2D eigenvalue weighted by Crippen LogP contribution is 2.24. The molecule has 13 heteroatoms. The highest BCUT2D eigenvalue weighted by molar-refractivity contribution is 7.93. The van der Waals surface area contributed by atoms with Crippen molar-refractivity contribution in [2.45, 2.75) is 17.9 Å². The lowest BCUT2D eigenvalue weighted by atomic mass is 10.2. The Morgan fingerprint density at radius 3 is 2.62 bits per heavy atom. The number of nitrogens with zero attached hydrogens (tertiary/aromatic N) is 4. The monoisotopic (exact) mass is 474 g/mol. The third-order valence-electron chi connectivity index (χ3n) is 4.00. The number of amides is 1. The van der Waals surface area contributed by atoms with Crippen molar-refractivity contribution in [2.75, 3.05) is 17.1 Å². The number of para-hydroxylation sites is 2. The van der Waals surface area contributed by atoms with Crippen LogP contribution in [0.1, 0.15) is 6.92 Å². The van der Waals surface area contributed by atoms with Crippen LogP contribution in [0.2, 0.25) is 0 Å². The molecule has 1 amide bonds. The molecule has 0 aliphatic rings. The van der Waals surface area contributed by atoms with Gasteiger partial charge in [0.05, 0.1) is 23.4 Å². The number of aromatic nitrogens is 2. The minimum Gasteiger partial charge on any atom is -0.495 e. The Morgan fingerprint density at radius 1 is 1.16 bits per heavy atom. The van der Waals surface area contributed by atoms with Crippen molar-refractivity contribution in [3.63, 3.8) is 0 Å². The normalized spacial score (nSPS) is 12.3. The van der Waals surface area contributed by atoms with Gasteiger partial charge in [-0.05, 0) is 37.3 Å². The van der Waals surface area contributed by atoms with E-state index in [0.29, 0.717) is 11.4 Å². The lowest BCUT2D eigenvalue weighted by Crippen LogP contribution is -2.31. The molecular formula is C19H18N6O5S2. The summed E-state index contributed by atoms with van der Waals surface area (Å²) < 4.78 is 32.5. The lowest BCUT2D eigenvalue weighted by Gasteiger charge is -2.12. The Balaban J connectivity index is 1.79. The van der Waals surface area contributed by atoms with Gasteiger partial charge >= 0.3 is 0 Å². The molecule has 0 radical (unpaired) electrons. The summed E-state index contributed by atoms with van der Waals surface area (Å²) in [7, 11) is -2.48. The Bertz CT molecular complexity index is 1240. The summed E-state index contributed by atoms with van der Waals surface area (Å²) in [5, 5.41) is 17.6. The number of methoxy groups -OCH3 is 1. The highest BCUT2D eigenvalue weighted by atomic mass is 32.2. The van der Waals surface area contributed by atoms with E-state index in [1.165, 1.54) is 43.8 Å². The predicted molar refractivity (Wildman–Crippen MR) is 118 cm³/mol. The van der Waals surface area contributed by atoms with Crippen molar-refractivity contribution >= 4 is 49.6 Å². The van der Waals surface area contributed by atoms with E-state index in [0.717, 1.165) is 11.3 Å². The molecule has 11 nitrogen and oxygen atoms in total. The van der Waals surface area contributed by atoms with E-state index in [1.807, 2.05) is 0 Å². The summed E-state index contributed by atoms with van der Waals surface area (Å²) >= 11 is 1.03. The van der Waals surface area contributed by atoms with E-state index in [9.17, 15) is 18.0 Å². The fraction of sp³-hybridized carbons (Fsp3) is 0.158. The van der Waals surface area contributed by atoms with Gasteiger partial charge in [0.15, 0.2) is 5.78 Å². The first-order chi connectivity index (χ1) is 15.3. The molecule has 2 aromatic carbocycles. The average molecular weight is 475 g/mol. The average Bonchev–Trinajstić information content (AvgIpc) is 3.26. The Hall–Kier alpha value is -3.71. The zero-order valence-corrected chi connectivity index (χ0v) is 18.6. The Kier molecular flexibility index (Phi) is 7.22. The quantitative estimate of drug-likeness (QED) is 0.357. The topological polar surface area (TPSA) is 152 Å². The highest BCUT2D eigenvalue weighted by Gasteiger charge is 2.24. The number of carbonyl (C=O) groups excluding carboxylic acids is 2. The molecule has 2 N–H and O–H groups in total. The number of Topliss-reactive ketones (excluding diaryl/α,β-unsaturated/α-hetero) is 1. The molecule has 166 valence electrons. The molecule has 0 unspecified atom stereocenters.